The number of rotatable bonds is 3. The fourth-order valence-electron chi connectivity index (χ4n) is 1.10. The first-order valence-corrected chi connectivity index (χ1v) is 4.48. The Morgan fingerprint density at radius 3 is 2.50 bits per heavy atom. The second-order valence-corrected chi connectivity index (χ2v) is 3.39. The van der Waals surface area contributed by atoms with Crippen molar-refractivity contribution >= 4 is 11.6 Å². The molecule has 1 aromatic rings. The first-order valence-electron chi connectivity index (χ1n) is 4.11. The summed E-state index contributed by atoms with van der Waals surface area (Å²) in [5.41, 5.74) is 5.39. The molecule has 4 nitrogen and oxygen atoms in total. The van der Waals surface area contributed by atoms with Crippen LogP contribution < -0.4 is 5.73 Å². The van der Waals surface area contributed by atoms with Crippen LogP contribution in [0.2, 0.25) is 5.02 Å². The molecule has 0 radical (unpaired) electrons. The molecule has 0 aliphatic heterocycles. The van der Waals surface area contributed by atoms with Gasteiger partial charge in [0.1, 0.15) is 11.9 Å². The summed E-state index contributed by atoms with van der Waals surface area (Å²) in [7, 11) is 0. The zero-order valence-electron chi connectivity index (χ0n) is 7.39. The van der Waals surface area contributed by atoms with E-state index in [4.69, 9.17) is 17.3 Å². The predicted molar refractivity (Wildman–Crippen MR) is 53.1 cm³/mol. The van der Waals surface area contributed by atoms with Crippen LogP contribution in [0.1, 0.15) is 11.7 Å². The highest BCUT2D eigenvalue weighted by Gasteiger charge is 2.19. The van der Waals surface area contributed by atoms with Crippen LogP contribution in [0.5, 0.6) is 5.75 Å². The zero-order chi connectivity index (χ0) is 10.7. The highest BCUT2D eigenvalue weighted by molar-refractivity contribution is 6.30. The fourth-order valence-corrected chi connectivity index (χ4v) is 1.27. The molecule has 78 valence electrons. The van der Waals surface area contributed by atoms with E-state index in [1.807, 2.05) is 0 Å². The highest BCUT2D eigenvalue weighted by atomic mass is 35.5. The molecule has 0 saturated heterocycles. The number of benzene rings is 1. The van der Waals surface area contributed by atoms with Crippen LogP contribution in [-0.4, -0.2) is 28.0 Å². The maximum Gasteiger partial charge on any atom is 0.122 e. The van der Waals surface area contributed by atoms with Gasteiger partial charge in [0, 0.05) is 17.1 Å². The third-order valence-electron chi connectivity index (χ3n) is 1.92. The van der Waals surface area contributed by atoms with Crippen molar-refractivity contribution in [3.05, 3.63) is 28.8 Å². The van der Waals surface area contributed by atoms with Gasteiger partial charge in [-0.15, -0.1) is 0 Å². The average Bonchev–Trinajstić information content (AvgIpc) is 2.15. The zero-order valence-corrected chi connectivity index (χ0v) is 8.15. The minimum atomic E-state index is -1.20. The van der Waals surface area contributed by atoms with Crippen molar-refractivity contribution in [3.63, 3.8) is 0 Å². The number of phenolic OH excluding ortho intramolecular Hbond substituents is 1. The van der Waals surface area contributed by atoms with Gasteiger partial charge in [-0.1, -0.05) is 17.7 Å². The predicted octanol–water partition coefficient (Wildman–Crippen LogP) is 0.399. The second kappa shape index (κ2) is 4.61. The third-order valence-corrected chi connectivity index (χ3v) is 2.15. The van der Waals surface area contributed by atoms with Crippen molar-refractivity contribution in [3.8, 4) is 5.75 Å². The lowest BCUT2D eigenvalue weighted by Crippen LogP contribution is -2.27. The van der Waals surface area contributed by atoms with E-state index in [9.17, 15) is 15.3 Å². The van der Waals surface area contributed by atoms with E-state index >= 15 is 0 Å². The van der Waals surface area contributed by atoms with Gasteiger partial charge in [-0.25, -0.2) is 0 Å². The molecule has 0 aliphatic rings. The molecule has 1 rings (SSSR count). The van der Waals surface area contributed by atoms with Gasteiger partial charge in [0.25, 0.3) is 0 Å². The van der Waals surface area contributed by atoms with Gasteiger partial charge in [-0.3, -0.25) is 0 Å². The quantitative estimate of drug-likeness (QED) is 0.590. The molecule has 0 amide bonds. The number of aliphatic hydroxyl groups excluding tert-OH is 2. The van der Waals surface area contributed by atoms with Gasteiger partial charge < -0.3 is 21.1 Å². The van der Waals surface area contributed by atoms with Gasteiger partial charge >= 0.3 is 0 Å². The van der Waals surface area contributed by atoms with Crippen molar-refractivity contribution in [1.29, 1.82) is 0 Å². The minimum absolute atomic E-state index is 0.0801. The molecular formula is C9H12ClNO3. The molecule has 0 spiro atoms. The maximum atomic E-state index is 9.53. The summed E-state index contributed by atoms with van der Waals surface area (Å²) in [6.07, 6.45) is -2.29. The van der Waals surface area contributed by atoms with Gasteiger partial charge in [0.15, 0.2) is 0 Å². The van der Waals surface area contributed by atoms with Crippen LogP contribution in [0, 0.1) is 0 Å². The minimum Gasteiger partial charge on any atom is -0.508 e. The van der Waals surface area contributed by atoms with Crippen LogP contribution in [-0.2, 0) is 0 Å². The molecule has 5 N–H and O–H groups in total. The molecule has 14 heavy (non-hydrogen) atoms. The summed E-state index contributed by atoms with van der Waals surface area (Å²) in [5, 5.41) is 28.6. The van der Waals surface area contributed by atoms with Crippen molar-refractivity contribution in [2.24, 2.45) is 5.73 Å². The molecule has 1 aromatic carbocycles. The lowest BCUT2D eigenvalue weighted by atomic mass is 10.0. The Hall–Kier alpha value is -0.810. The first-order chi connectivity index (χ1) is 6.56. The molecule has 0 bridgehead atoms. The van der Waals surface area contributed by atoms with Gasteiger partial charge in [-0.2, -0.15) is 0 Å². The van der Waals surface area contributed by atoms with Crippen LogP contribution in [0.3, 0.4) is 0 Å². The van der Waals surface area contributed by atoms with E-state index < -0.39 is 12.2 Å². The summed E-state index contributed by atoms with van der Waals surface area (Å²) in [5.74, 6) is -0.155. The highest BCUT2D eigenvalue weighted by Crippen LogP contribution is 2.28. The van der Waals surface area contributed by atoms with E-state index in [2.05, 4.69) is 0 Å². The van der Waals surface area contributed by atoms with E-state index in [-0.39, 0.29) is 17.9 Å². The van der Waals surface area contributed by atoms with E-state index in [1.54, 1.807) is 0 Å². The normalized spacial score (nSPS) is 15.1. The maximum absolute atomic E-state index is 9.53. The Bertz CT molecular complexity index is 319. The van der Waals surface area contributed by atoms with Crippen LogP contribution in [0.4, 0.5) is 0 Å². The van der Waals surface area contributed by atoms with Crippen molar-refractivity contribution in [1.82, 2.24) is 0 Å². The fraction of sp³-hybridized carbons (Fsp3) is 0.333. The standard InChI is InChI=1S/C9H12ClNO3/c10-5-1-2-6(7(12)3-5)9(14)8(13)4-11/h1-3,8-9,12-14H,4,11H2. The number of nitrogens with two attached hydrogens (primary N) is 1. The molecule has 0 heterocycles. The molecule has 2 atom stereocenters. The molecule has 0 fully saturated rings. The lowest BCUT2D eigenvalue weighted by Gasteiger charge is -2.17. The number of hydrogen-bond donors (Lipinski definition) is 4. The second-order valence-electron chi connectivity index (χ2n) is 2.95. The molecule has 0 aromatic heterocycles. The van der Waals surface area contributed by atoms with Gasteiger partial charge in [0.2, 0.25) is 0 Å². The monoisotopic (exact) mass is 217 g/mol. The van der Waals surface area contributed by atoms with Crippen molar-refractivity contribution < 1.29 is 15.3 Å². The number of halogens is 1. The Kier molecular flexibility index (Phi) is 3.71. The molecule has 2 unspecified atom stereocenters. The van der Waals surface area contributed by atoms with E-state index in [1.165, 1.54) is 18.2 Å². The summed E-state index contributed by atoms with van der Waals surface area (Å²) in [6.45, 7) is -0.0801. The number of aliphatic hydroxyl groups is 2. The molecular weight excluding hydrogens is 206 g/mol. The molecule has 5 heteroatoms. The van der Waals surface area contributed by atoms with Gasteiger partial charge in [-0.05, 0) is 12.1 Å². The Morgan fingerprint density at radius 2 is 2.00 bits per heavy atom. The van der Waals surface area contributed by atoms with Crippen LogP contribution >= 0.6 is 11.6 Å². The summed E-state index contributed by atoms with van der Waals surface area (Å²) in [4.78, 5) is 0. The molecule has 0 saturated carbocycles. The number of aromatic hydroxyl groups is 1. The number of phenols is 1. The van der Waals surface area contributed by atoms with Crippen LogP contribution in [0.15, 0.2) is 18.2 Å². The smallest absolute Gasteiger partial charge is 0.122 e. The third kappa shape index (κ3) is 2.36. The van der Waals surface area contributed by atoms with Crippen LogP contribution in [0.25, 0.3) is 0 Å². The van der Waals surface area contributed by atoms with Crippen molar-refractivity contribution in [2.45, 2.75) is 12.2 Å². The average molecular weight is 218 g/mol. The van der Waals surface area contributed by atoms with Crippen molar-refractivity contribution in [2.75, 3.05) is 6.54 Å². The molecule has 0 aliphatic carbocycles. The van der Waals surface area contributed by atoms with Gasteiger partial charge in [0.05, 0.1) is 6.10 Å². The van der Waals surface area contributed by atoms with E-state index in [0.717, 1.165) is 0 Å². The first kappa shape index (κ1) is 11.3. The summed E-state index contributed by atoms with van der Waals surface area (Å²) < 4.78 is 0. The lowest BCUT2D eigenvalue weighted by molar-refractivity contribution is 0.0229. The largest absolute Gasteiger partial charge is 0.508 e. The summed E-state index contributed by atoms with van der Waals surface area (Å²) in [6, 6.07) is 4.26. The number of hydrogen-bond acceptors (Lipinski definition) is 4. The Morgan fingerprint density at radius 1 is 1.36 bits per heavy atom. The Balaban J connectivity index is 2.95. The summed E-state index contributed by atoms with van der Waals surface area (Å²) >= 11 is 5.61. The van der Waals surface area contributed by atoms with E-state index in [0.29, 0.717) is 5.02 Å². The SMILES string of the molecule is NCC(O)C(O)c1ccc(Cl)cc1O. The topological polar surface area (TPSA) is 86.7 Å². The Labute approximate surface area is 86.6 Å².